The molecule has 0 radical (unpaired) electrons. The summed E-state index contributed by atoms with van der Waals surface area (Å²) in [6, 6.07) is 0.857. The van der Waals surface area contributed by atoms with Crippen LogP contribution in [0.4, 0.5) is 0 Å². The minimum absolute atomic E-state index is 0.524. The van der Waals surface area contributed by atoms with E-state index in [9.17, 15) is 0 Å². The molecule has 1 aliphatic carbocycles. The molecule has 2 nitrogen and oxygen atoms in total. The second-order valence-corrected chi connectivity index (χ2v) is 6.74. The molecule has 0 amide bonds. The molecular formula is C15H30N2. The predicted molar refractivity (Wildman–Crippen MR) is 74.3 cm³/mol. The summed E-state index contributed by atoms with van der Waals surface area (Å²) >= 11 is 0. The molecule has 1 saturated heterocycles. The molecule has 100 valence electrons. The maximum Gasteiger partial charge on any atom is 0.00926 e. The van der Waals surface area contributed by atoms with Gasteiger partial charge in [0.05, 0.1) is 0 Å². The largest absolute Gasteiger partial charge is 0.316 e. The van der Waals surface area contributed by atoms with E-state index in [1.807, 2.05) is 0 Å². The van der Waals surface area contributed by atoms with Crippen LogP contribution < -0.4 is 5.32 Å². The summed E-state index contributed by atoms with van der Waals surface area (Å²) in [5.74, 6) is 1.02. The van der Waals surface area contributed by atoms with E-state index in [1.165, 1.54) is 58.2 Å². The van der Waals surface area contributed by atoms with Crippen LogP contribution in [0, 0.1) is 11.3 Å². The van der Waals surface area contributed by atoms with Gasteiger partial charge in [0.15, 0.2) is 0 Å². The summed E-state index contributed by atoms with van der Waals surface area (Å²) < 4.78 is 0. The van der Waals surface area contributed by atoms with Crippen molar-refractivity contribution in [2.45, 2.75) is 58.4 Å². The van der Waals surface area contributed by atoms with Crippen molar-refractivity contribution in [2.24, 2.45) is 11.3 Å². The van der Waals surface area contributed by atoms with E-state index in [-0.39, 0.29) is 0 Å². The Morgan fingerprint density at radius 2 is 1.94 bits per heavy atom. The normalized spacial score (nSPS) is 38.8. The van der Waals surface area contributed by atoms with E-state index >= 15 is 0 Å². The van der Waals surface area contributed by atoms with Crippen LogP contribution in [0.1, 0.15) is 52.4 Å². The van der Waals surface area contributed by atoms with Gasteiger partial charge < -0.3 is 10.2 Å². The summed E-state index contributed by atoms with van der Waals surface area (Å²) in [5.41, 5.74) is 0.524. The van der Waals surface area contributed by atoms with E-state index < -0.39 is 0 Å². The second-order valence-electron chi connectivity index (χ2n) is 6.74. The van der Waals surface area contributed by atoms with Gasteiger partial charge in [-0.1, -0.05) is 20.3 Å². The summed E-state index contributed by atoms with van der Waals surface area (Å²) in [6.07, 6.45) is 8.51. The molecular weight excluding hydrogens is 208 g/mol. The zero-order chi connectivity index (χ0) is 12.3. The highest BCUT2D eigenvalue weighted by Gasteiger charge is 2.32. The molecule has 2 rings (SSSR count). The molecule has 1 saturated carbocycles. The number of nitrogens with zero attached hydrogens (tertiary/aromatic N) is 1. The van der Waals surface area contributed by atoms with Crippen molar-refractivity contribution in [2.75, 3.05) is 26.7 Å². The van der Waals surface area contributed by atoms with Gasteiger partial charge in [-0.25, -0.2) is 0 Å². The monoisotopic (exact) mass is 238 g/mol. The maximum absolute atomic E-state index is 3.51. The first kappa shape index (κ1) is 13.4. The van der Waals surface area contributed by atoms with E-state index in [0.29, 0.717) is 5.41 Å². The van der Waals surface area contributed by atoms with Crippen molar-refractivity contribution < 1.29 is 0 Å². The zero-order valence-corrected chi connectivity index (χ0v) is 12.0. The first-order valence-electron chi connectivity index (χ1n) is 7.54. The summed E-state index contributed by atoms with van der Waals surface area (Å²) in [6.45, 7) is 8.50. The topological polar surface area (TPSA) is 15.3 Å². The summed E-state index contributed by atoms with van der Waals surface area (Å²) in [7, 11) is 2.35. The molecule has 1 aliphatic heterocycles. The zero-order valence-electron chi connectivity index (χ0n) is 12.0. The Morgan fingerprint density at radius 1 is 1.24 bits per heavy atom. The van der Waals surface area contributed by atoms with Crippen molar-refractivity contribution in [3.63, 3.8) is 0 Å². The van der Waals surface area contributed by atoms with Gasteiger partial charge in [0.2, 0.25) is 0 Å². The van der Waals surface area contributed by atoms with Gasteiger partial charge >= 0.3 is 0 Å². The van der Waals surface area contributed by atoms with Crippen LogP contribution >= 0.6 is 0 Å². The van der Waals surface area contributed by atoms with Crippen LogP contribution in [0.2, 0.25) is 0 Å². The van der Waals surface area contributed by atoms with Gasteiger partial charge in [-0.3, -0.25) is 0 Å². The van der Waals surface area contributed by atoms with Gasteiger partial charge in [-0.05, 0) is 57.0 Å². The van der Waals surface area contributed by atoms with Gasteiger partial charge in [0, 0.05) is 19.1 Å². The van der Waals surface area contributed by atoms with Crippen LogP contribution in [-0.4, -0.2) is 37.6 Å². The average molecular weight is 238 g/mol. The van der Waals surface area contributed by atoms with Crippen molar-refractivity contribution in [1.82, 2.24) is 10.2 Å². The van der Waals surface area contributed by atoms with Crippen LogP contribution in [0.5, 0.6) is 0 Å². The lowest BCUT2D eigenvalue weighted by Crippen LogP contribution is -2.42. The Labute approximate surface area is 107 Å². The van der Waals surface area contributed by atoms with Crippen LogP contribution in [0.15, 0.2) is 0 Å². The smallest absolute Gasteiger partial charge is 0.00926 e. The number of hydrogen-bond donors (Lipinski definition) is 1. The van der Waals surface area contributed by atoms with Gasteiger partial charge in [-0.2, -0.15) is 0 Å². The third kappa shape index (κ3) is 3.45. The third-order valence-electron chi connectivity index (χ3n) is 5.11. The van der Waals surface area contributed by atoms with E-state index in [4.69, 9.17) is 0 Å². The highest BCUT2D eigenvalue weighted by Crippen LogP contribution is 2.32. The third-order valence-corrected chi connectivity index (χ3v) is 5.11. The number of rotatable bonds is 4. The molecule has 2 aliphatic rings. The Bertz CT molecular complexity index is 225. The lowest BCUT2D eigenvalue weighted by molar-refractivity contribution is 0.117. The molecule has 2 heteroatoms. The molecule has 0 aromatic rings. The minimum atomic E-state index is 0.524. The lowest BCUT2D eigenvalue weighted by atomic mass is 9.82. The minimum Gasteiger partial charge on any atom is -0.316 e. The number of hydrogen-bond acceptors (Lipinski definition) is 2. The van der Waals surface area contributed by atoms with Crippen LogP contribution in [-0.2, 0) is 0 Å². The fourth-order valence-electron chi connectivity index (χ4n) is 3.73. The molecule has 0 aromatic carbocycles. The van der Waals surface area contributed by atoms with Crippen molar-refractivity contribution in [1.29, 1.82) is 0 Å². The lowest BCUT2D eigenvalue weighted by Gasteiger charge is -2.38. The van der Waals surface area contributed by atoms with Crippen molar-refractivity contribution in [3.8, 4) is 0 Å². The standard InChI is InChI=1S/C15H30N2/c1-4-13-5-7-14(8-6-13)17(3)12-15(2)9-10-16-11-15/h13-14,16H,4-12H2,1-3H3. The molecule has 17 heavy (non-hydrogen) atoms. The van der Waals surface area contributed by atoms with Crippen LogP contribution in [0.25, 0.3) is 0 Å². The number of nitrogens with one attached hydrogen (secondary N) is 1. The average Bonchev–Trinajstić information content (AvgIpc) is 2.76. The Hall–Kier alpha value is -0.0800. The van der Waals surface area contributed by atoms with Crippen molar-refractivity contribution in [3.05, 3.63) is 0 Å². The fourth-order valence-corrected chi connectivity index (χ4v) is 3.73. The highest BCUT2D eigenvalue weighted by atomic mass is 15.1. The maximum atomic E-state index is 3.51. The second kappa shape index (κ2) is 5.71. The first-order valence-corrected chi connectivity index (χ1v) is 7.54. The van der Waals surface area contributed by atoms with E-state index in [0.717, 1.165) is 12.0 Å². The quantitative estimate of drug-likeness (QED) is 0.810. The highest BCUT2D eigenvalue weighted by molar-refractivity contribution is 4.88. The molecule has 1 heterocycles. The van der Waals surface area contributed by atoms with Crippen molar-refractivity contribution >= 4 is 0 Å². The summed E-state index contributed by atoms with van der Waals surface area (Å²) in [4.78, 5) is 2.65. The molecule has 1 unspecified atom stereocenters. The SMILES string of the molecule is CCC1CCC(N(C)CC2(C)CCNC2)CC1. The Morgan fingerprint density at radius 3 is 2.47 bits per heavy atom. The predicted octanol–water partition coefficient (Wildman–Crippen LogP) is 2.89. The molecule has 1 atom stereocenters. The fraction of sp³-hybridized carbons (Fsp3) is 1.00. The van der Waals surface area contributed by atoms with Gasteiger partial charge in [-0.15, -0.1) is 0 Å². The summed E-state index contributed by atoms with van der Waals surface area (Å²) in [5, 5.41) is 3.51. The van der Waals surface area contributed by atoms with Gasteiger partial charge in [0.25, 0.3) is 0 Å². The first-order chi connectivity index (χ1) is 8.13. The molecule has 0 bridgehead atoms. The molecule has 2 fully saturated rings. The molecule has 1 N–H and O–H groups in total. The molecule has 0 spiro atoms. The van der Waals surface area contributed by atoms with Crippen LogP contribution in [0.3, 0.4) is 0 Å². The van der Waals surface area contributed by atoms with Gasteiger partial charge in [0.1, 0.15) is 0 Å². The van der Waals surface area contributed by atoms with E-state index in [1.54, 1.807) is 0 Å². The van der Waals surface area contributed by atoms with E-state index in [2.05, 4.69) is 31.1 Å². The molecule has 0 aromatic heterocycles. The Kier molecular flexibility index (Phi) is 4.48. The Balaban J connectivity index is 1.78.